The van der Waals surface area contributed by atoms with Crippen LogP contribution in [-0.4, -0.2) is 33.9 Å². The number of hydrogen-bond donors (Lipinski definition) is 2. The van der Waals surface area contributed by atoms with Crippen LogP contribution in [0.15, 0.2) is 24.3 Å². The highest BCUT2D eigenvalue weighted by Crippen LogP contribution is 2.26. The Morgan fingerprint density at radius 3 is 2.10 bits per heavy atom. The van der Waals surface area contributed by atoms with E-state index in [9.17, 15) is 14.4 Å². The molecule has 1 aliphatic heterocycles. The molecule has 2 N–H and O–H groups in total. The van der Waals surface area contributed by atoms with Crippen molar-refractivity contribution in [1.82, 2.24) is 10.4 Å². The highest BCUT2D eigenvalue weighted by Gasteiger charge is 2.42. The van der Waals surface area contributed by atoms with Crippen molar-refractivity contribution in [1.29, 1.82) is 0 Å². The first-order chi connectivity index (χ1) is 9.47. The minimum absolute atomic E-state index is 0.0848. The van der Waals surface area contributed by atoms with Gasteiger partial charge in [-0.3, -0.25) is 24.5 Å². The minimum Gasteiger partial charge on any atom is -0.289 e. The van der Waals surface area contributed by atoms with Gasteiger partial charge < -0.3 is 0 Å². The van der Waals surface area contributed by atoms with E-state index in [4.69, 9.17) is 5.21 Å². The predicted molar refractivity (Wildman–Crippen MR) is 70.1 cm³/mol. The number of rotatable bonds is 4. The molecular formula is C14H16N2O4. The van der Waals surface area contributed by atoms with E-state index in [2.05, 4.69) is 0 Å². The summed E-state index contributed by atoms with van der Waals surface area (Å²) in [5, 5.41) is 8.82. The van der Waals surface area contributed by atoms with Gasteiger partial charge in [0, 0.05) is 0 Å². The van der Waals surface area contributed by atoms with Crippen molar-refractivity contribution >= 4 is 17.7 Å². The molecule has 1 aromatic rings. The van der Waals surface area contributed by atoms with E-state index in [0.717, 1.165) is 4.90 Å². The quantitative estimate of drug-likeness (QED) is 0.491. The predicted octanol–water partition coefficient (Wildman–Crippen LogP) is 1.20. The van der Waals surface area contributed by atoms with E-state index >= 15 is 0 Å². The first-order valence-electron chi connectivity index (χ1n) is 6.38. The number of carbonyl (C=O) groups excluding carboxylic acids is 3. The Balaban J connectivity index is 2.39. The van der Waals surface area contributed by atoms with Crippen molar-refractivity contribution in [2.45, 2.75) is 26.3 Å². The smallest absolute Gasteiger partial charge is 0.266 e. The highest BCUT2D eigenvalue weighted by molar-refractivity contribution is 6.22. The van der Waals surface area contributed by atoms with Crippen LogP contribution in [0.25, 0.3) is 0 Å². The maximum atomic E-state index is 12.3. The Bertz CT molecular complexity index is 533. The van der Waals surface area contributed by atoms with E-state index in [0.29, 0.717) is 0 Å². The van der Waals surface area contributed by atoms with Gasteiger partial charge in [0.15, 0.2) is 0 Å². The lowest BCUT2D eigenvalue weighted by Gasteiger charge is -2.25. The van der Waals surface area contributed by atoms with Crippen molar-refractivity contribution < 1.29 is 19.6 Å². The van der Waals surface area contributed by atoms with Gasteiger partial charge in [0.1, 0.15) is 6.04 Å². The lowest BCUT2D eigenvalue weighted by atomic mass is 10.0. The molecule has 0 aliphatic carbocycles. The number of nitrogens with zero attached hydrogens (tertiary/aromatic N) is 1. The van der Waals surface area contributed by atoms with Crippen LogP contribution in [0.4, 0.5) is 0 Å². The molecule has 106 valence electrons. The molecule has 3 amide bonds. The fourth-order valence-electron chi connectivity index (χ4n) is 2.34. The van der Waals surface area contributed by atoms with Crippen molar-refractivity contribution in [3.63, 3.8) is 0 Å². The largest absolute Gasteiger partial charge is 0.289 e. The lowest BCUT2D eigenvalue weighted by Crippen LogP contribution is -2.49. The van der Waals surface area contributed by atoms with Gasteiger partial charge in [-0.05, 0) is 24.5 Å². The van der Waals surface area contributed by atoms with Gasteiger partial charge in [-0.1, -0.05) is 26.0 Å². The third kappa shape index (κ3) is 2.30. The number of hydroxylamine groups is 1. The molecule has 2 rings (SSSR count). The Labute approximate surface area is 116 Å². The van der Waals surface area contributed by atoms with E-state index in [1.54, 1.807) is 24.3 Å². The van der Waals surface area contributed by atoms with Crippen molar-refractivity contribution in [3.8, 4) is 0 Å². The van der Waals surface area contributed by atoms with E-state index < -0.39 is 23.8 Å². The molecule has 1 aromatic carbocycles. The van der Waals surface area contributed by atoms with Crippen molar-refractivity contribution in [2.24, 2.45) is 5.92 Å². The molecule has 0 saturated carbocycles. The molecule has 0 saturated heterocycles. The lowest BCUT2D eigenvalue weighted by molar-refractivity contribution is -0.133. The second-order valence-corrected chi connectivity index (χ2v) is 5.15. The number of hydrogen-bond acceptors (Lipinski definition) is 4. The summed E-state index contributed by atoms with van der Waals surface area (Å²) in [5.74, 6) is -1.67. The molecule has 1 aliphatic rings. The van der Waals surface area contributed by atoms with Crippen LogP contribution in [0.1, 0.15) is 41.0 Å². The Hall–Kier alpha value is -2.21. The Morgan fingerprint density at radius 1 is 1.20 bits per heavy atom. The third-order valence-corrected chi connectivity index (χ3v) is 3.24. The molecule has 0 aromatic heterocycles. The zero-order valence-corrected chi connectivity index (χ0v) is 11.3. The van der Waals surface area contributed by atoms with Crippen molar-refractivity contribution in [3.05, 3.63) is 35.4 Å². The maximum Gasteiger partial charge on any atom is 0.266 e. The average molecular weight is 276 g/mol. The number of imide groups is 1. The van der Waals surface area contributed by atoms with Crippen LogP contribution in [0, 0.1) is 5.92 Å². The summed E-state index contributed by atoms with van der Waals surface area (Å²) in [6, 6.07) is 5.43. The molecule has 1 atom stereocenters. The van der Waals surface area contributed by atoms with Crippen LogP contribution >= 0.6 is 0 Å². The second-order valence-electron chi connectivity index (χ2n) is 5.15. The van der Waals surface area contributed by atoms with Crippen LogP contribution in [0.5, 0.6) is 0 Å². The summed E-state index contributed by atoms with van der Waals surface area (Å²) >= 11 is 0. The van der Waals surface area contributed by atoms with Gasteiger partial charge in [0.25, 0.3) is 17.7 Å². The minimum atomic E-state index is -1.01. The van der Waals surface area contributed by atoms with Crippen LogP contribution in [0.2, 0.25) is 0 Å². The van der Waals surface area contributed by atoms with Gasteiger partial charge in [-0.25, -0.2) is 5.48 Å². The molecule has 6 heteroatoms. The van der Waals surface area contributed by atoms with E-state index in [-0.39, 0.29) is 23.5 Å². The second kappa shape index (κ2) is 5.42. The summed E-state index contributed by atoms with van der Waals surface area (Å²) in [4.78, 5) is 37.3. The van der Waals surface area contributed by atoms with Gasteiger partial charge in [-0.2, -0.15) is 0 Å². The SMILES string of the molecule is CC(C)C[C@H](C(=O)NO)N1C(=O)c2ccccc2C1=O. The first-order valence-corrected chi connectivity index (χ1v) is 6.38. The van der Waals surface area contributed by atoms with Crippen molar-refractivity contribution in [2.75, 3.05) is 0 Å². The van der Waals surface area contributed by atoms with Gasteiger partial charge in [0.2, 0.25) is 0 Å². The number of nitrogens with one attached hydrogen (secondary N) is 1. The van der Waals surface area contributed by atoms with Crippen LogP contribution in [0.3, 0.4) is 0 Å². The molecule has 0 radical (unpaired) electrons. The highest BCUT2D eigenvalue weighted by atomic mass is 16.5. The summed E-state index contributed by atoms with van der Waals surface area (Å²) in [5.41, 5.74) is 2.11. The molecule has 0 bridgehead atoms. The number of benzene rings is 1. The third-order valence-electron chi connectivity index (χ3n) is 3.24. The average Bonchev–Trinajstić information content (AvgIpc) is 2.68. The molecule has 0 fully saturated rings. The topological polar surface area (TPSA) is 86.7 Å². The summed E-state index contributed by atoms with van der Waals surface area (Å²) < 4.78 is 0. The fourth-order valence-corrected chi connectivity index (χ4v) is 2.34. The Morgan fingerprint density at radius 2 is 1.70 bits per heavy atom. The number of amides is 3. The van der Waals surface area contributed by atoms with Gasteiger partial charge in [-0.15, -0.1) is 0 Å². The zero-order valence-electron chi connectivity index (χ0n) is 11.3. The van der Waals surface area contributed by atoms with Gasteiger partial charge >= 0.3 is 0 Å². The Kier molecular flexibility index (Phi) is 3.85. The van der Waals surface area contributed by atoms with Crippen LogP contribution < -0.4 is 5.48 Å². The zero-order chi connectivity index (χ0) is 14.9. The standard InChI is InChI=1S/C14H16N2O4/c1-8(2)7-11(12(17)15-20)16-13(18)9-5-3-4-6-10(9)14(16)19/h3-6,8,11,20H,7H2,1-2H3,(H,15,17)/t11-/m1/s1. The fraction of sp³-hybridized carbons (Fsp3) is 0.357. The monoisotopic (exact) mass is 276 g/mol. The summed E-state index contributed by atoms with van der Waals surface area (Å²) in [6.07, 6.45) is 0.290. The first kappa shape index (κ1) is 14.2. The van der Waals surface area contributed by atoms with E-state index in [1.165, 1.54) is 5.48 Å². The number of fused-ring (bicyclic) bond motifs is 1. The molecule has 1 heterocycles. The summed E-state index contributed by atoms with van der Waals surface area (Å²) in [7, 11) is 0. The number of carbonyl (C=O) groups is 3. The molecule has 0 unspecified atom stereocenters. The normalized spacial score (nSPS) is 15.5. The van der Waals surface area contributed by atoms with E-state index in [1.807, 2.05) is 13.8 Å². The summed E-state index contributed by atoms with van der Waals surface area (Å²) in [6.45, 7) is 3.74. The van der Waals surface area contributed by atoms with Crippen LogP contribution in [-0.2, 0) is 4.79 Å². The van der Waals surface area contributed by atoms with Gasteiger partial charge in [0.05, 0.1) is 11.1 Å². The maximum absolute atomic E-state index is 12.3. The molecule has 6 nitrogen and oxygen atoms in total. The molecule has 0 spiro atoms. The molecular weight excluding hydrogens is 260 g/mol. The molecule has 20 heavy (non-hydrogen) atoms.